The highest BCUT2D eigenvalue weighted by Gasteiger charge is 2.13. The van der Waals surface area contributed by atoms with Crippen LogP contribution in [0.2, 0.25) is 20.1 Å². The summed E-state index contributed by atoms with van der Waals surface area (Å²) in [5, 5.41) is 1.52. The van der Waals surface area contributed by atoms with Crippen LogP contribution in [0.3, 0.4) is 0 Å². The lowest BCUT2D eigenvalue weighted by Gasteiger charge is -2.13. The molecule has 0 aliphatic carbocycles. The molecular formula is C9H9Cl4N. The van der Waals surface area contributed by atoms with Gasteiger partial charge < -0.3 is 4.90 Å². The molecule has 0 aliphatic heterocycles. The predicted molar refractivity (Wildman–Crippen MR) is 63.9 cm³/mol. The van der Waals surface area contributed by atoms with Crippen molar-refractivity contribution < 1.29 is 0 Å². The Hall–Kier alpha value is 0.340. The summed E-state index contributed by atoms with van der Waals surface area (Å²) in [5.41, 5.74) is 0.871. The Bertz CT molecular complexity index is 349. The fourth-order valence-electron chi connectivity index (χ4n) is 1.08. The van der Waals surface area contributed by atoms with Gasteiger partial charge in [-0.2, -0.15) is 0 Å². The molecule has 0 aliphatic rings. The van der Waals surface area contributed by atoms with Gasteiger partial charge in [0, 0.05) is 6.54 Å². The third kappa shape index (κ3) is 2.68. The fraction of sp³-hybridized carbons (Fsp3) is 0.333. The average Bonchev–Trinajstić information content (AvgIpc) is 2.10. The summed E-state index contributed by atoms with van der Waals surface area (Å²) in [4.78, 5) is 1.97. The smallest absolute Gasteiger partial charge is 0.0797 e. The van der Waals surface area contributed by atoms with E-state index >= 15 is 0 Å². The van der Waals surface area contributed by atoms with Crippen molar-refractivity contribution in [3.05, 3.63) is 31.7 Å². The van der Waals surface area contributed by atoms with Crippen molar-refractivity contribution in [1.82, 2.24) is 4.90 Å². The molecule has 1 aromatic rings. The molecule has 0 heterocycles. The van der Waals surface area contributed by atoms with Crippen molar-refractivity contribution in [1.29, 1.82) is 0 Å². The highest BCUT2D eigenvalue weighted by molar-refractivity contribution is 6.51. The lowest BCUT2D eigenvalue weighted by Crippen LogP contribution is -2.11. The van der Waals surface area contributed by atoms with Crippen molar-refractivity contribution in [3.63, 3.8) is 0 Å². The Kier molecular flexibility index (Phi) is 4.35. The minimum Gasteiger partial charge on any atom is -0.305 e. The Labute approximate surface area is 103 Å². The molecule has 0 radical (unpaired) electrons. The van der Waals surface area contributed by atoms with Gasteiger partial charge in [0.15, 0.2) is 0 Å². The van der Waals surface area contributed by atoms with E-state index < -0.39 is 0 Å². The molecule has 5 heteroatoms. The van der Waals surface area contributed by atoms with Crippen LogP contribution in [0.1, 0.15) is 5.56 Å². The first-order valence-corrected chi connectivity index (χ1v) is 5.41. The first kappa shape index (κ1) is 12.4. The zero-order chi connectivity index (χ0) is 10.9. The molecule has 0 amide bonds. The first-order valence-electron chi connectivity index (χ1n) is 3.90. The lowest BCUT2D eigenvalue weighted by molar-refractivity contribution is 0.402. The normalized spacial score (nSPS) is 11.1. The summed E-state index contributed by atoms with van der Waals surface area (Å²) in [6, 6.07) is 1.73. The SMILES string of the molecule is CN(C)Cc1cc(Cl)c(Cl)c(Cl)c1Cl. The van der Waals surface area contributed by atoms with Crippen LogP contribution in [-0.2, 0) is 6.54 Å². The third-order valence-corrected chi connectivity index (χ3v) is 3.46. The highest BCUT2D eigenvalue weighted by atomic mass is 35.5. The molecule has 1 nitrogen and oxygen atoms in total. The van der Waals surface area contributed by atoms with Gasteiger partial charge in [-0.25, -0.2) is 0 Å². The van der Waals surface area contributed by atoms with E-state index in [1.54, 1.807) is 6.07 Å². The van der Waals surface area contributed by atoms with Crippen molar-refractivity contribution in [2.24, 2.45) is 0 Å². The summed E-state index contributed by atoms with van der Waals surface area (Å²) in [6.45, 7) is 0.676. The van der Waals surface area contributed by atoms with Crippen LogP contribution in [0.25, 0.3) is 0 Å². The lowest BCUT2D eigenvalue weighted by atomic mass is 10.2. The van der Waals surface area contributed by atoms with Gasteiger partial charge in [0.1, 0.15) is 0 Å². The standard InChI is InChI=1S/C9H9Cl4N/c1-14(2)4-5-3-6(10)8(12)9(13)7(5)11/h3H,4H2,1-2H3. The quantitative estimate of drug-likeness (QED) is 0.571. The van der Waals surface area contributed by atoms with Gasteiger partial charge in [0.25, 0.3) is 0 Å². The zero-order valence-corrected chi connectivity index (χ0v) is 10.8. The second kappa shape index (κ2) is 4.91. The van der Waals surface area contributed by atoms with Crippen LogP contribution < -0.4 is 0 Å². The topological polar surface area (TPSA) is 3.24 Å². The van der Waals surface area contributed by atoms with Crippen molar-refractivity contribution in [2.75, 3.05) is 14.1 Å². The van der Waals surface area contributed by atoms with E-state index in [2.05, 4.69) is 0 Å². The summed E-state index contributed by atoms with van der Waals surface area (Å²) < 4.78 is 0. The Morgan fingerprint density at radius 3 is 2.07 bits per heavy atom. The molecule has 0 saturated heterocycles. The second-order valence-corrected chi connectivity index (χ2v) is 4.74. The van der Waals surface area contributed by atoms with Crippen molar-refractivity contribution >= 4 is 46.4 Å². The summed E-state index contributed by atoms with van der Waals surface area (Å²) in [6.07, 6.45) is 0. The molecule has 0 atom stereocenters. The minimum absolute atomic E-state index is 0.306. The largest absolute Gasteiger partial charge is 0.305 e. The number of benzene rings is 1. The Morgan fingerprint density at radius 1 is 1.00 bits per heavy atom. The summed E-state index contributed by atoms with van der Waals surface area (Å²) in [7, 11) is 3.87. The maximum Gasteiger partial charge on any atom is 0.0797 e. The number of hydrogen-bond acceptors (Lipinski definition) is 1. The maximum absolute atomic E-state index is 6.01. The number of hydrogen-bond donors (Lipinski definition) is 0. The molecule has 0 spiro atoms. The van der Waals surface area contributed by atoms with Crippen LogP contribution in [0, 0.1) is 0 Å². The van der Waals surface area contributed by atoms with Gasteiger partial charge in [0.05, 0.1) is 20.1 Å². The van der Waals surface area contributed by atoms with Gasteiger partial charge >= 0.3 is 0 Å². The number of nitrogens with zero attached hydrogens (tertiary/aromatic N) is 1. The molecule has 1 aromatic carbocycles. The van der Waals surface area contributed by atoms with Crippen LogP contribution >= 0.6 is 46.4 Å². The molecule has 0 fully saturated rings. The molecule has 0 saturated carbocycles. The molecule has 1 rings (SSSR count). The molecule has 0 unspecified atom stereocenters. The van der Waals surface area contributed by atoms with Gasteiger partial charge in [-0.3, -0.25) is 0 Å². The molecular weight excluding hydrogens is 264 g/mol. The van der Waals surface area contributed by atoms with E-state index in [1.807, 2.05) is 19.0 Å². The molecule has 78 valence electrons. The van der Waals surface area contributed by atoms with Gasteiger partial charge in [-0.1, -0.05) is 46.4 Å². The third-order valence-electron chi connectivity index (χ3n) is 1.66. The summed E-state index contributed by atoms with van der Waals surface area (Å²) in [5.74, 6) is 0. The molecule has 14 heavy (non-hydrogen) atoms. The van der Waals surface area contributed by atoms with Gasteiger partial charge in [-0.05, 0) is 25.7 Å². The number of rotatable bonds is 2. The van der Waals surface area contributed by atoms with E-state index in [0.717, 1.165) is 5.56 Å². The summed E-state index contributed by atoms with van der Waals surface area (Å²) >= 11 is 23.6. The minimum atomic E-state index is 0.306. The zero-order valence-electron chi connectivity index (χ0n) is 7.74. The fourth-order valence-corrected chi connectivity index (χ4v) is 1.98. The average molecular weight is 273 g/mol. The van der Waals surface area contributed by atoms with E-state index in [1.165, 1.54) is 0 Å². The van der Waals surface area contributed by atoms with Crippen molar-refractivity contribution in [3.8, 4) is 0 Å². The Balaban J connectivity index is 3.19. The molecule has 0 bridgehead atoms. The molecule has 0 N–H and O–H groups in total. The van der Waals surface area contributed by atoms with Crippen molar-refractivity contribution in [2.45, 2.75) is 6.54 Å². The highest BCUT2D eigenvalue weighted by Crippen LogP contribution is 2.38. The van der Waals surface area contributed by atoms with E-state index in [9.17, 15) is 0 Å². The molecule has 0 aromatic heterocycles. The monoisotopic (exact) mass is 271 g/mol. The van der Waals surface area contributed by atoms with Crippen LogP contribution in [0.5, 0.6) is 0 Å². The maximum atomic E-state index is 6.01. The van der Waals surface area contributed by atoms with E-state index in [-0.39, 0.29) is 0 Å². The van der Waals surface area contributed by atoms with Crippen LogP contribution in [0.15, 0.2) is 6.07 Å². The number of halogens is 4. The first-order chi connectivity index (χ1) is 6.43. The van der Waals surface area contributed by atoms with Crippen LogP contribution in [-0.4, -0.2) is 19.0 Å². The van der Waals surface area contributed by atoms with Gasteiger partial charge in [-0.15, -0.1) is 0 Å². The predicted octanol–water partition coefficient (Wildman–Crippen LogP) is 4.36. The Morgan fingerprint density at radius 2 is 1.57 bits per heavy atom. The van der Waals surface area contributed by atoms with E-state index in [4.69, 9.17) is 46.4 Å². The van der Waals surface area contributed by atoms with Gasteiger partial charge in [0.2, 0.25) is 0 Å². The second-order valence-electron chi connectivity index (χ2n) is 3.20. The van der Waals surface area contributed by atoms with E-state index in [0.29, 0.717) is 26.6 Å². The van der Waals surface area contributed by atoms with Crippen LogP contribution in [0.4, 0.5) is 0 Å².